The van der Waals surface area contributed by atoms with E-state index in [1.165, 1.54) is 51.4 Å². The van der Waals surface area contributed by atoms with E-state index < -0.39 is 0 Å². The van der Waals surface area contributed by atoms with Crippen LogP contribution in [0, 0.1) is 5.41 Å². The minimum absolute atomic E-state index is 0.554. The fourth-order valence-corrected chi connectivity index (χ4v) is 3.28. The van der Waals surface area contributed by atoms with Crippen molar-refractivity contribution < 1.29 is 0 Å². The molecule has 0 aromatic rings. The fourth-order valence-electron chi connectivity index (χ4n) is 3.28. The second kappa shape index (κ2) is 6.64. The van der Waals surface area contributed by atoms with Gasteiger partial charge in [-0.2, -0.15) is 0 Å². The van der Waals surface area contributed by atoms with Crippen molar-refractivity contribution in [2.75, 3.05) is 0 Å². The zero-order valence-electron chi connectivity index (χ0n) is 11.8. The molecule has 1 heteroatoms. The van der Waals surface area contributed by atoms with Gasteiger partial charge in [0.15, 0.2) is 0 Å². The summed E-state index contributed by atoms with van der Waals surface area (Å²) >= 11 is 0. The van der Waals surface area contributed by atoms with Gasteiger partial charge in [-0.3, -0.25) is 0 Å². The van der Waals surface area contributed by atoms with Gasteiger partial charge < -0.3 is 5.32 Å². The highest BCUT2D eigenvalue weighted by Crippen LogP contribution is 2.33. The molecule has 1 rings (SSSR count). The molecule has 0 aromatic carbocycles. The van der Waals surface area contributed by atoms with Crippen LogP contribution in [0.25, 0.3) is 0 Å². The van der Waals surface area contributed by atoms with E-state index >= 15 is 0 Å². The summed E-state index contributed by atoms with van der Waals surface area (Å²) in [7, 11) is 0. The van der Waals surface area contributed by atoms with Gasteiger partial charge in [0, 0.05) is 12.1 Å². The van der Waals surface area contributed by atoms with Crippen molar-refractivity contribution in [2.24, 2.45) is 5.41 Å². The second-order valence-corrected chi connectivity index (χ2v) is 6.54. The van der Waals surface area contributed by atoms with Crippen molar-refractivity contribution in [3.8, 4) is 0 Å². The lowest BCUT2D eigenvalue weighted by atomic mass is 9.76. The Bertz CT molecular complexity index is 186. The topological polar surface area (TPSA) is 12.0 Å². The molecule has 1 fully saturated rings. The molecule has 2 atom stereocenters. The fraction of sp³-hybridized carbons (Fsp3) is 1.00. The van der Waals surface area contributed by atoms with Crippen LogP contribution in [-0.4, -0.2) is 12.1 Å². The SMILES string of the molecule is CCCCCCCC1CC(C)(C)CC(C)N1. The van der Waals surface area contributed by atoms with E-state index in [1.807, 2.05) is 0 Å². The zero-order valence-corrected chi connectivity index (χ0v) is 11.8. The van der Waals surface area contributed by atoms with Crippen molar-refractivity contribution in [2.45, 2.75) is 91.1 Å². The van der Waals surface area contributed by atoms with Crippen LogP contribution in [0.4, 0.5) is 0 Å². The summed E-state index contributed by atoms with van der Waals surface area (Å²) in [6.07, 6.45) is 11.1. The van der Waals surface area contributed by atoms with Gasteiger partial charge >= 0.3 is 0 Å². The van der Waals surface area contributed by atoms with Crippen molar-refractivity contribution in [1.29, 1.82) is 0 Å². The van der Waals surface area contributed by atoms with Gasteiger partial charge in [0.1, 0.15) is 0 Å². The van der Waals surface area contributed by atoms with E-state index in [-0.39, 0.29) is 0 Å². The van der Waals surface area contributed by atoms with Crippen LogP contribution in [-0.2, 0) is 0 Å². The van der Waals surface area contributed by atoms with Gasteiger partial charge in [0.2, 0.25) is 0 Å². The lowest BCUT2D eigenvalue weighted by molar-refractivity contribution is 0.164. The molecule has 0 bridgehead atoms. The summed E-state index contributed by atoms with van der Waals surface area (Å²) < 4.78 is 0. The van der Waals surface area contributed by atoms with Crippen molar-refractivity contribution >= 4 is 0 Å². The number of nitrogens with one attached hydrogen (secondary N) is 1. The summed E-state index contributed by atoms with van der Waals surface area (Å²) in [6, 6.07) is 1.49. The molecule has 96 valence electrons. The zero-order chi connectivity index (χ0) is 12.0. The predicted molar refractivity (Wildman–Crippen MR) is 72.8 cm³/mol. The summed E-state index contributed by atoms with van der Waals surface area (Å²) in [5.41, 5.74) is 0.554. The van der Waals surface area contributed by atoms with E-state index in [9.17, 15) is 0 Å². The normalized spacial score (nSPS) is 29.2. The molecule has 1 aliphatic heterocycles. The van der Waals surface area contributed by atoms with Crippen LogP contribution >= 0.6 is 0 Å². The summed E-state index contributed by atoms with van der Waals surface area (Å²) in [6.45, 7) is 9.47. The van der Waals surface area contributed by atoms with Crippen LogP contribution in [0.2, 0.25) is 0 Å². The van der Waals surface area contributed by atoms with E-state index in [4.69, 9.17) is 0 Å². The highest BCUT2D eigenvalue weighted by molar-refractivity contribution is 4.87. The molecule has 0 amide bonds. The molecular formula is C15H31N. The Kier molecular flexibility index (Phi) is 5.82. The molecule has 1 aliphatic rings. The van der Waals surface area contributed by atoms with Crippen LogP contribution < -0.4 is 5.32 Å². The summed E-state index contributed by atoms with van der Waals surface area (Å²) in [5.74, 6) is 0. The Morgan fingerprint density at radius 1 is 1.06 bits per heavy atom. The first-order chi connectivity index (χ1) is 7.53. The number of unbranched alkanes of at least 4 members (excludes halogenated alkanes) is 4. The predicted octanol–water partition coefficient (Wildman–Crippen LogP) is 4.51. The number of piperidine rings is 1. The van der Waals surface area contributed by atoms with Gasteiger partial charge in [0.05, 0.1) is 0 Å². The third-order valence-electron chi connectivity index (χ3n) is 3.83. The molecule has 0 saturated carbocycles. The Hall–Kier alpha value is -0.0400. The lowest BCUT2D eigenvalue weighted by Crippen LogP contribution is -2.47. The summed E-state index contributed by atoms with van der Waals surface area (Å²) in [5, 5.41) is 3.76. The highest BCUT2D eigenvalue weighted by atomic mass is 15.0. The first kappa shape index (κ1) is 14.0. The Morgan fingerprint density at radius 3 is 2.38 bits per heavy atom. The Morgan fingerprint density at radius 2 is 1.75 bits per heavy atom. The molecule has 0 spiro atoms. The van der Waals surface area contributed by atoms with Crippen LogP contribution in [0.3, 0.4) is 0 Å². The maximum Gasteiger partial charge on any atom is 0.00746 e. The Balaban J connectivity index is 2.16. The van der Waals surface area contributed by atoms with Gasteiger partial charge in [0.25, 0.3) is 0 Å². The smallest absolute Gasteiger partial charge is 0.00746 e. The van der Waals surface area contributed by atoms with Crippen LogP contribution in [0.1, 0.15) is 79.1 Å². The molecule has 0 radical (unpaired) electrons. The van der Waals surface area contributed by atoms with Gasteiger partial charge in [-0.25, -0.2) is 0 Å². The first-order valence-electron chi connectivity index (χ1n) is 7.29. The second-order valence-electron chi connectivity index (χ2n) is 6.54. The maximum absolute atomic E-state index is 3.76. The molecule has 1 saturated heterocycles. The van der Waals surface area contributed by atoms with Crippen molar-refractivity contribution in [3.63, 3.8) is 0 Å². The summed E-state index contributed by atoms with van der Waals surface area (Å²) in [4.78, 5) is 0. The molecule has 16 heavy (non-hydrogen) atoms. The third kappa shape index (κ3) is 5.34. The molecule has 0 aromatic heterocycles. The average Bonchev–Trinajstić information content (AvgIpc) is 2.14. The third-order valence-corrected chi connectivity index (χ3v) is 3.83. The van der Waals surface area contributed by atoms with E-state index in [0.29, 0.717) is 11.5 Å². The van der Waals surface area contributed by atoms with Crippen LogP contribution in [0.5, 0.6) is 0 Å². The molecule has 2 unspecified atom stereocenters. The maximum atomic E-state index is 3.76. The standard InChI is InChI=1S/C15H31N/c1-5-6-7-8-9-10-14-12-15(3,4)11-13(2)16-14/h13-14,16H,5-12H2,1-4H3. The number of hydrogen-bond donors (Lipinski definition) is 1. The molecule has 1 N–H and O–H groups in total. The van der Waals surface area contributed by atoms with Crippen molar-refractivity contribution in [1.82, 2.24) is 5.32 Å². The first-order valence-corrected chi connectivity index (χ1v) is 7.29. The molecule has 1 nitrogen and oxygen atoms in total. The number of rotatable bonds is 6. The highest BCUT2D eigenvalue weighted by Gasteiger charge is 2.30. The minimum Gasteiger partial charge on any atom is -0.311 e. The lowest BCUT2D eigenvalue weighted by Gasteiger charge is -2.40. The van der Waals surface area contributed by atoms with E-state index in [2.05, 4.69) is 33.0 Å². The molecule has 0 aliphatic carbocycles. The molecular weight excluding hydrogens is 194 g/mol. The Labute approximate surface area is 102 Å². The quantitative estimate of drug-likeness (QED) is 0.656. The minimum atomic E-state index is 0.554. The average molecular weight is 225 g/mol. The van der Waals surface area contributed by atoms with Crippen molar-refractivity contribution in [3.05, 3.63) is 0 Å². The van der Waals surface area contributed by atoms with Gasteiger partial charge in [-0.15, -0.1) is 0 Å². The van der Waals surface area contributed by atoms with E-state index in [0.717, 1.165) is 6.04 Å². The molecule has 1 heterocycles. The van der Waals surface area contributed by atoms with Gasteiger partial charge in [-0.05, 0) is 31.6 Å². The monoisotopic (exact) mass is 225 g/mol. The van der Waals surface area contributed by atoms with Gasteiger partial charge in [-0.1, -0.05) is 52.9 Å². The van der Waals surface area contributed by atoms with E-state index in [1.54, 1.807) is 0 Å². The largest absolute Gasteiger partial charge is 0.311 e. The van der Waals surface area contributed by atoms with Crippen LogP contribution in [0.15, 0.2) is 0 Å². The number of hydrogen-bond acceptors (Lipinski definition) is 1.